The summed E-state index contributed by atoms with van der Waals surface area (Å²) >= 11 is 5.38. The summed E-state index contributed by atoms with van der Waals surface area (Å²) in [4.78, 5) is 0. The highest BCUT2D eigenvalue weighted by molar-refractivity contribution is 8.22. The molecule has 0 bridgehead atoms. The Hall–Kier alpha value is 0.420. The Bertz CT molecular complexity index is 105. The van der Waals surface area contributed by atoms with Crippen LogP contribution in [0.5, 0.6) is 0 Å². The van der Waals surface area contributed by atoms with Crippen molar-refractivity contribution in [2.24, 2.45) is 0 Å². The van der Waals surface area contributed by atoms with Gasteiger partial charge >= 0.3 is 0 Å². The zero-order chi connectivity index (χ0) is 6.62. The van der Waals surface area contributed by atoms with Crippen LogP contribution in [0, 0.1) is 11.3 Å². The molecule has 1 atom stereocenters. The van der Waals surface area contributed by atoms with E-state index in [4.69, 9.17) is 27.5 Å². The highest BCUT2D eigenvalue weighted by atomic mass is 35.7. The second-order valence-electron chi connectivity index (χ2n) is 1.55. The summed E-state index contributed by atoms with van der Waals surface area (Å²) in [7, 11) is 6.27. The minimum atomic E-state index is -0.622. The van der Waals surface area contributed by atoms with Crippen LogP contribution in [0.4, 0.5) is 0 Å². The van der Waals surface area contributed by atoms with Crippen molar-refractivity contribution in [3.8, 4) is 6.07 Å². The predicted molar refractivity (Wildman–Crippen MR) is 38.2 cm³/mol. The zero-order valence-electron chi connectivity index (χ0n) is 4.32. The molecule has 0 aromatic heterocycles. The van der Waals surface area contributed by atoms with Gasteiger partial charge in [-0.2, -0.15) is 5.26 Å². The average molecular weight is 170 g/mol. The largest absolute Gasteiger partial charge is 0.197 e. The van der Waals surface area contributed by atoms with E-state index in [0.717, 1.165) is 11.0 Å². The van der Waals surface area contributed by atoms with Crippen LogP contribution >= 0.6 is 33.3 Å². The molecule has 0 aliphatic rings. The van der Waals surface area contributed by atoms with Crippen LogP contribution in [0.3, 0.4) is 0 Å². The lowest BCUT2D eigenvalue weighted by atomic mass is 10.2. The Morgan fingerprint density at radius 3 is 2.38 bits per heavy atom. The number of rotatable bonds is 2. The van der Waals surface area contributed by atoms with Gasteiger partial charge in [0.15, 0.2) is 0 Å². The fraction of sp³-hybridized carbons (Fsp3) is 0.750. The minimum absolute atomic E-state index is 0.262. The quantitative estimate of drug-likeness (QED) is 0.594. The summed E-state index contributed by atoms with van der Waals surface area (Å²) in [6.07, 6.45) is 0. The van der Waals surface area contributed by atoms with Gasteiger partial charge in [0.1, 0.15) is 4.75 Å². The van der Waals surface area contributed by atoms with Gasteiger partial charge in [-0.1, -0.05) is 0 Å². The number of hydrogen-bond donors (Lipinski definition) is 0. The Balaban J connectivity index is 3.83. The number of nitrogens with zero attached hydrogens (tertiary/aromatic N) is 1. The lowest BCUT2D eigenvalue weighted by Gasteiger charge is -2.10. The van der Waals surface area contributed by atoms with E-state index in [9.17, 15) is 0 Å². The van der Waals surface area contributed by atoms with Crippen molar-refractivity contribution in [3.05, 3.63) is 0 Å². The van der Waals surface area contributed by atoms with Gasteiger partial charge in [0.2, 0.25) is 0 Å². The minimum Gasteiger partial charge on any atom is -0.197 e. The molecule has 46 valence electrons. The number of alkyl halides is 1. The lowest BCUT2D eigenvalue weighted by Crippen LogP contribution is -2.16. The summed E-state index contributed by atoms with van der Waals surface area (Å²) in [5, 5.41) is 8.35. The monoisotopic (exact) mass is 169 g/mol. The van der Waals surface area contributed by atoms with Crippen molar-refractivity contribution in [2.45, 2.75) is 11.7 Å². The molecule has 0 amide bonds. The van der Waals surface area contributed by atoms with Gasteiger partial charge in [0.05, 0.1) is 11.9 Å². The highest BCUT2D eigenvalue weighted by Crippen LogP contribution is 2.28. The summed E-state index contributed by atoms with van der Waals surface area (Å²) in [5.74, 6) is 0.262. The molecule has 4 heteroatoms. The third-order valence-corrected chi connectivity index (χ3v) is 2.95. The molecule has 8 heavy (non-hydrogen) atoms. The van der Waals surface area contributed by atoms with Crippen molar-refractivity contribution < 1.29 is 0 Å². The summed E-state index contributed by atoms with van der Waals surface area (Å²) in [6.45, 7) is 1.69. The van der Waals surface area contributed by atoms with Crippen molar-refractivity contribution in [3.63, 3.8) is 0 Å². The van der Waals surface area contributed by atoms with Crippen molar-refractivity contribution in [1.82, 2.24) is 0 Å². The second-order valence-corrected chi connectivity index (χ2v) is 3.34. The molecule has 0 spiro atoms. The Kier molecular flexibility index (Phi) is 3.63. The fourth-order valence-corrected chi connectivity index (χ4v) is 0.802. The van der Waals surface area contributed by atoms with E-state index in [1.807, 2.05) is 6.07 Å². The van der Waals surface area contributed by atoms with Crippen LogP contribution < -0.4 is 0 Å². The first kappa shape index (κ1) is 8.42. The van der Waals surface area contributed by atoms with E-state index in [-0.39, 0.29) is 5.88 Å². The summed E-state index contributed by atoms with van der Waals surface area (Å²) < 4.78 is -0.622. The first-order valence-corrected chi connectivity index (χ1v) is 4.13. The molecule has 0 aliphatic heterocycles. The Labute approximate surface area is 62.5 Å². The van der Waals surface area contributed by atoms with Crippen LogP contribution in [0.1, 0.15) is 6.92 Å². The third kappa shape index (κ3) is 2.13. The van der Waals surface area contributed by atoms with E-state index >= 15 is 0 Å². The molecule has 0 aromatic carbocycles. The SMILES string of the molecule is CC(C#N)(CCl)SCl. The predicted octanol–water partition coefficient (Wildman–Crippen LogP) is 2.39. The van der Waals surface area contributed by atoms with Crippen LogP contribution in [0.15, 0.2) is 0 Å². The highest BCUT2D eigenvalue weighted by Gasteiger charge is 2.21. The van der Waals surface area contributed by atoms with E-state index in [0.29, 0.717) is 0 Å². The van der Waals surface area contributed by atoms with Gasteiger partial charge in [-0.15, -0.1) is 11.6 Å². The molecule has 0 saturated heterocycles. The molecule has 0 rings (SSSR count). The van der Waals surface area contributed by atoms with Gasteiger partial charge in [-0.3, -0.25) is 0 Å². The summed E-state index contributed by atoms with van der Waals surface area (Å²) in [6, 6.07) is 1.98. The molecular formula is C4H5Cl2NS. The standard InChI is InChI=1S/C4H5Cl2NS/c1-4(2-5,3-7)8-6/h2H2,1H3. The molecule has 0 heterocycles. The summed E-state index contributed by atoms with van der Waals surface area (Å²) in [5.41, 5.74) is 0. The van der Waals surface area contributed by atoms with E-state index in [1.165, 1.54) is 0 Å². The smallest absolute Gasteiger partial charge is 0.128 e. The van der Waals surface area contributed by atoms with Gasteiger partial charge in [-0.05, 0) is 28.6 Å². The molecule has 0 N–H and O–H groups in total. The maximum Gasteiger partial charge on any atom is 0.128 e. The van der Waals surface area contributed by atoms with Crippen molar-refractivity contribution in [2.75, 3.05) is 5.88 Å². The van der Waals surface area contributed by atoms with Crippen LogP contribution in [0.25, 0.3) is 0 Å². The fourth-order valence-electron chi connectivity index (χ4n) is 0.0678. The van der Waals surface area contributed by atoms with Crippen LogP contribution in [-0.4, -0.2) is 10.6 Å². The van der Waals surface area contributed by atoms with Crippen molar-refractivity contribution >= 4 is 33.3 Å². The molecule has 1 nitrogen and oxygen atoms in total. The van der Waals surface area contributed by atoms with Gasteiger partial charge in [0, 0.05) is 0 Å². The number of hydrogen-bond acceptors (Lipinski definition) is 2. The van der Waals surface area contributed by atoms with Gasteiger partial charge < -0.3 is 0 Å². The molecule has 1 unspecified atom stereocenters. The molecule has 0 aromatic rings. The zero-order valence-corrected chi connectivity index (χ0v) is 6.65. The molecule has 0 saturated carbocycles. The maximum absolute atomic E-state index is 8.35. The van der Waals surface area contributed by atoms with Gasteiger partial charge in [-0.25, -0.2) is 0 Å². The third-order valence-electron chi connectivity index (χ3n) is 0.662. The van der Waals surface area contributed by atoms with E-state index in [1.54, 1.807) is 6.92 Å². The first-order valence-electron chi connectivity index (χ1n) is 1.95. The number of halogens is 2. The van der Waals surface area contributed by atoms with Crippen molar-refractivity contribution in [1.29, 1.82) is 5.26 Å². The molecule has 0 fully saturated rings. The Morgan fingerprint density at radius 1 is 1.88 bits per heavy atom. The molecular weight excluding hydrogens is 165 g/mol. The first-order chi connectivity index (χ1) is 3.68. The topological polar surface area (TPSA) is 23.8 Å². The van der Waals surface area contributed by atoms with Gasteiger partial charge in [0.25, 0.3) is 0 Å². The maximum atomic E-state index is 8.35. The molecule has 0 radical (unpaired) electrons. The average Bonchev–Trinajstić information content (AvgIpc) is 1.87. The van der Waals surface area contributed by atoms with Crippen LogP contribution in [-0.2, 0) is 0 Å². The molecule has 0 aliphatic carbocycles. The Morgan fingerprint density at radius 2 is 2.38 bits per heavy atom. The lowest BCUT2D eigenvalue weighted by molar-refractivity contribution is 0.931. The van der Waals surface area contributed by atoms with E-state index in [2.05, 4.69) is 0 Å². The second kappa shape index (κ2) is 3.45. The normalized spacial score (nSPS) is 16.8. The van der Waals surface area contributed by atoms with Crippen LogP contribution in [0.2, 0.25) is 0 Å². The number of nitriles is 1. The van der Waals surface area contributed by atoms with E-state index < -0.39 is 4.75 Å².